The van der Waals surface area contributed by atoms with E-state index in [9.17, 15) is 4.79 Å². The van der Waals surface area contributed by atoms with Crippen LogP contribution in [0.4, 0.5) is 5.69 Å². The molecule has 5 rings (SSSR count). The predicted octanol–water partition coefficient (Wildman–Crippen LogP) is 4.77. The first-order valence-corrected chi connectivity index (χ1v) is 10.7. The van der Waals surface area contributed by atoms with Crippen LogP contribution in [-0.2, 0) is 0 Å². The van der Waals surface area contributed by atoms with Crippen molar-refractivity contribution in [2.45, 2.75) is 0 Å². The summed E-state index contributed by atoms with van der Waals surface area (Å²) < 4.78 is 5.65. The Morgan fingerprint density at radius 1 is 0.967 bits per heavy atom. The van der Waals surface area contributed by atoms with Crippen molar-refractivity contribution in [2.24, 2.45) is 0 Å². The van der Waals surface area contributed by atoms with Crippen LogP contribution in [0.3, 0.4) is 0 Å². The lowest BCUT2D eigenvalue weighted by molar-refractivity contribution is 0.102. The standard InChI is InChI=1S/C21H14N6OS2/c28-20(23-16-8-6-14(7-9-16)18-13-30-26-25-18)19-12-29-21(24-19)15-10-22-27(11-15)17-4-2-1-3-5-17/h1-13H,(H,23,28). The molecule has 0 fully saturated rings. The number of carbonyl (C=O) groups excluding carboxylic acids is 1. The van der Waals surface area contributed by atoms with Gasteiger partial charge in [-0.15, -0.1) is 16.4 Å². The molecule has 0 atom stereocenters. The summed E-state index contributed by atoms with van der Waals surface area (Å²) in [5.74, 6) is -0.254. The molecule has 0 aliphatic rings. The van der Waals surface area contributed by atoms with Gasteiger partial charge in [-0.05, 0) is 35.8 Å². The second-order valence-electron chi connectivity index (χ2n) is 6.37. The second-order valence-corrected chi connectivity index (χ2v) is 7.84. The zero-order valence-corrected chi connectivity index (χ0v) is 17.1. The molecule has 0 radical (unpaired) electrons. The largest absolute Gasteiger partial charge is 0.321 e. The maximum absolute atomic E-state index is 12.6. The molecular formula is C21H14N6OS2. The van der Waals surface area contributed by atoms with Crippen molar-refractivity contribution in [1.29, 1.82) is 0 Å². The Bertz CT molecular complexity index is 1280. The average Bonchev–Trinajstić information content (AvgIpc) is 3.56. The van der Waals surface area contributed by atoms with Crippen LogP contribution in [0.1, 0.15) is 10.5 Å². The number of rotatable bonds is 5. The number of para-hydroxylation sites is 1. The van der Waals surface area contributed by atoms with Gasteiger partial charge in [0.25, 0.3) is 5.91 Å². The molecule has 3 aromatic heterocycles. The summed E-state index contributed by atoms with van der Waals surface area (Å²) in [7, 11) is 0. The van der Waals surface area contributed by atoms with Crippen molar-refractivity contribution in [3.8, 4) is 27.5 Å². The number of anilines is 1. The van der Waals surface area contributed by atoms with Crippen LogP contribution in [0.2, 0.25) is 0 Å². The first-order valence-electron chi connectivity index (χ1n) is 9.01. The van der Waals surface area contributed by atoms with Crippen LogP contribution < -0.4 is 5.32 Å². The Labute approximate surface area is 179 Å². The van der Waals surface area contributed by atoms with Crippen LogP contribution in [0.5, 0.6) is 0 Å². The maximum Gasteiger partial charge on any atom is 0.275 e. The van der Waals surface area contributed by atoms with E-state index >= 15 is 0 Å². The van der Waals surface area contributed by atoms with Gasteiger partial charge in [0.1, 0.15) is 16.4 Å². The van der Waals surface area contributed by atoms with Crippen molar-refractivity contribution in [3.63, 3.8) is 0 Å². The Hall–Kier alpha value is -3.69. The highest BCUT2D eigenvalue weighted by molar-refractivity contribution is 7.13. The molecule has 0 spiro atoms. The van der Waals surface area contributed by atoms with Crippen LogP contribution >= 0.6 is 22.9 Å². The van der Waals surface area contributed by atoms with E-state index in [4.69, 9.17) is 0 Å². The SMILES string of the molecule is O=C(Nc1ccc(-c2csnn2)cc1)c1csc(-c2cnn(-c3ccccc3)c2)n1. The average molecular weight is 431 g/mol. The molecule has 0 saturated carbocycles. The summed E-state index contributed by atoms with van der Waals surface area (Å²) in [5, 5.41) is 15.7. The van der Waals surface area contributed by atoms with Crippen molar-refractivity contribution >= 4 is 34.5 Å². The van der Waals surface area contributed by atoms with Crippen LogP contribution in [0, 0.1) is 0 Å². The Kier molecular flexibility index (Phi) is 4.88. The number of nitrogens with one attached hydrogen (secondary N) is 1. The van der Waals surface area contributed by atoms with Gasteiger partial charge in [-0.25, -0.2) is 9.67 Å². The van der Waals surface area contributed by atoms with E-state index in [2.05, 4.69) is 25.0 Å². The number of nitrogens with zero attached hydrogens (tertiary/aromatic N) is 5. The molecule has 0 aliphatic carbocycles. The lowest BCUT2D eigenvalue weighted by Crippen LogP contribution is -2.12. The third-order valence-corrected chi connectivity index (χ3v) is 5.78. The van der Waals surface area contributed by atoms with E-state index in [1.54, 1.807) is 16.3 Å². The molecule has 30 heavy (non-hydrogen) atoms. The number of hydrogen-bond acceptors (Lipinski definition) is 7. The lowest BCUT2D eigenvalue weighted by Gasteiger charge is -2.04. The summed E-state index contributed by atoms with van der Waals surface area (Å²) in [4.78, 5) is 17.1. The Morgan fingerprint density at radius 3 is 2.57 bits per heavy atom. The molecule has 0 aliphatic heterocycles. The minimum absolute atomic E-state index is 0.254. The zero-order chi connectivity index (χ0) is 20.3. The van der Waals surface area contributed by atoms with Gasteiger partial charge in [0.05, 0.1) is 11.9 Å². The minimum atomic E-state index is -0.254. The molecule has 2 aromatic carbocycles. The fourth-order valence-corrected chi connectivity index (χ4v) is 4.12. The van der Waals surface area contributed by atoms with Crippen molar-refractivity contribution in [1.82, 2.24) is 24.4 Å². The van der Waals surface area contributed by atoms with Crippen molar-refractivity contribution in [2.75, 3.05) is 5.32 Å². The van der Waals surface area contributed by atoms with Gasteiger partial charge in [-0.2, -0.15) is 5.10 Å². The number of benzene rings is 2. The molecular weight excluding hydrogens is 416 g/mol. The fourth-order valence-electron chi connectivity index (χ4n) is 2.88. The summed E-state index contributed by atoms with van der Waals surface area (Å²) in [5.41, 5.74) is 4.67. The zero-order valence-electron chi connectivity index (χ0n) is 15.5. The quantitative estimate of drug-likeness (QED) is 0.434. The highest BCUT2D eigenvalue weighted by Gasteiger charge is 2.14. The predicted molar refractivity (Wildman–Crippen MR) is 118 cm³/mol. The highest BCUT2D eigenvalue weighted by atomic mass is 32.1. The molecule has 1 N–H and O–H groups in total. The molecule has 5 aromatic rings. The molecule has 3 heterocycles. The maximum atomic E-state index is 12.6. The smallest absolute Gasteiger partial charge is 0.275 e. The van der Waals surface area contributed by atoms with Gasteiger partial charge in [0, 0.05) is 33.8 Å². The molecule has 0 unspecified atom stereocenters. The number of aromatic nitrogens is 5. The first kappa shape index (κ1) is 18.3. The van der Waals surface area contributed by atoms with Crippen LogP contribution in [-0.4, -0.2) is 30.3 Å². The number of amides is 1. The van der Waals surface area contributed by atoms with E-state index in [0.717, 1.165) is 27.5 Å². The van der Waals surface area contributed by atoms with E-state index in [0.29, 0.717) is 11.4 Å². The van der Waals surface area contributed by atoms with Gasteiger partial charge in [-0.3, -0.25) is 4.79 Å². The highest BCUT2D eigenvalue weighted by Crippen LogP contribution is 2.25. The topological polar surface area (TPSA) is 85.6 Å². The van der Waals surface area contributed by atoms with Gasteiger partial charge in [0.2, 0.25) is 0 Å². The third-order valence-electron chi connectivity index (χ3n) is 4.39. The van der Waals surface area contributed by atoms with E-state index in [-0.39, 0.29) is 5.91 Å². The van der Waals surface area contributed by atoms with Gasteiger partial charge < -0.3 is 5.32 Å². The van der Waals surface area contributed by atoms with E-state index in [1.165, 1.54) is 22.9 Å². The Balaban J connectivity index is 1.29. The molecule has 9 heteroatoms. The van der Waals surface area contributed by atoms with Crippen LogP contribution in [0.15, 0.2) is 77.8 Å². The van der Waals surface area contributed by atoms with Crippen molar-refractivity contribution < 1.29 is 4.79 Å². The first-order chi connectivity index (χ1) is 14.8. The minimum Gasteiger partial charge on any atom is -0.321 e. The van der Waals surface area contributed by atoms with E-state index in [1.807, 2.05) is 66.2 Å². The molecule has 0 bridgehead atoms. The second kappa shape index (κ2) is 7.97. The molecule has 7 nitrogen and oxygen atoms in total. The fraction of sp³-hybridized carbons (Fsp3) is 0. The lowest BCUT2D eigenvalue weighted by atomic mass is 10.1. The number of hydrogen-bond donors (Lipinski definition) is 1. The molecule has 146 valence electrons. The van der Waals surface area contributed by atoms with E-state index < -0.39 is 0 Å². The molecule has 1 amide bonds. The van der Waals surface area contributed by atoms with Gasteiger partial charge in [-0.1, -0.05) is 34.8 Å². The summed E-state index contributed by atoms with van der Waals surface area (Å²) in [6.07, 6.45) is 3.65. The summed E-state index contributed by atoms with van der Waals surface area (Å²) in [6.45, 7) is 0. The third kappa shape index (κ3) is 3.76. The summed E-state index contributed by atoms with van der Waals surface area (Å²) in [6, 6.07) is 17.3. The number of thiazole rings is 1. The summed E-state index contributed by atoms with van der Waals surface area (Å²) >= 11 is 2.71. The molecule has 0 saturated heterocycles. The number of carbonyl (C=O) groups is 1. The van der Waals surface area contributed by atoms with Crippen molar-refractivity contribution in [3.05, 3.63) is 83.4 Å². The van der Waals surface area contributed by atoms with Gasteiger partial charge >= 0.3 is 0 Å². The monoisotopic (exact) mass is 430 g/mol. The Morgan fingerprint density at radius 2 is 1.80 bits per heavy atom. The van der Waals surface area contributed by atoms with Gasteiger partial charge in [0.15, 0.2) is 0 Å². The van der Waals surface area contributed by atoms with Crippen LogP contribution in [0.25, 0.3) is 27.5 Å². The normalized spacial score (nSPS) is 10.8.